The number of carboxylic acids is 1. The second-order valence-electron chi connectivity index (χ2n) is 12.0. The summed E-state index contributed by atoms with van der Waals surface area (Å²) in [6.45, 7) is 9.51. The summed E-state index contributed by atoms with van der Waals surface area (Å²) in [6.07, 6.45) is -0.108. The third-order valence-electron chi connectivity index (χ3n) is 6.82. The van der Waals surface area contributed by atoms with Crippen molar-refractivity contribution in [1.82, 2.24) is 5.32 Å². The van der Waals surface area contributed by atoms with Gasteiger partial charge in [0, 0.05) is 19.3 Å². The van der Waals surface area contributed by atoms with Crippen molar-refractivity contribution in [2.45, 2.75) is 85.3 Å². The molecule has 0 bridgehead atoms. The van der Waals surface area contributed by atoms with Gasteiger partial charge in [-0.15, -0.1) is 0 Å². The van der Waals surface area contributed by atoms with Crippen molar-refractivity contribution >= 4 is 29.4 Å². The van der Waals surface area contributed by atoms with Crippen LogP contribution in [-0.2, 0) is 35.3 Å². The highest BCUT2D eigenvalue weighted by Crippen LogP contribution is 2.24. The topological polar surface area (TPSA) is 127 Å². The first-order chi connectivity index (χ1) is 19.3. The van der Waals surface area contributed by atoms with Gasteiger partial charge in [0.1, 0.15) is 12.4 Å². The number of nitrogens with one attached hydrogen (secondary N) is 1. The molecule has 2 aromatic rings. The highest BCUT2D eigenvalue weighted by Gasteiger charge is 2.33. The van der Waals surface area contributed by atoms with Crippen molar-refractivity contribution in [2.75, 3.05) is 0 Å². The van der Waals surface area contributed by atoms with Crippen molar-refractivity contribution in [3.05, 3.63) is 71.8 Å². The Kier molecular flexibility index (Phi) is 12.9. The molecule has 1 amide bonds. The monoisotopic (exact) mass is 565 g/mol. The first-order valence-electron chi connectivity index (χ1n) is 14.1. The quantitative estimate of drug-likeness (QED) is 0.258. The zero-order chi connectivity index (χ0) is 30.6. The Morgan fingerprint density at radius 2 is 1.46 bits per heavy atom. The van der Waals surface area contributed by atoms with Crippen molar-refractivity contribution in [2.24, 2.45) is 17.3 Å². The summed E-state index contributed by atoms with van der Waals surface area (Å²) in [6, 6.07) is 16.6. The SMILES string of the molecule is CC(C)[C@H](CC(=O)OCc1ccccc1)C(=O)N[C@@H](CCC(=O)CC(C)(C)C)C(=O)C[C@@H](C(=O)O)c1ccccc1. The lowest BCUT2D eigenvalue weighted by Gasteiger charge is -2.25. The van der Waals surface area contributed by atoms with Gasteiger partial charge < -0.3 is 15.2 Å². The smallest absolute Gasteiger partial charge is 0.311 e. The molecule has 41 heavy (non-hydrogen) atoms. The zero-order valence-corrected chi connectivity index (χ0v) is 24.7. The summed E-state index contributed by atoms with van der Waals surface area (Å²) in [5.74, 6) is -4.84. The number of ketones is 2. The Bertz CT molecular complexity index is 1170. The first kappa shape index (κ1) is 33.4. The number of carboxylic acid groups (broad SMARTS) is 1. The summed E-state index contributed by atoms with van der Waals surface area (Å²) in [5, 5.41) is 12.6. The summed E-state index contributed by atoms with van der Waals surface area (Å²) < 4.78 is 5.37. The van der Waals surface area contributed by atoms with Crippen LogP contribution < -0.4 is 5.32 Å². The number of esters is 1. The zero-order valence-electron chi connectivity index (χ0n) is 24.7. The second-order valence-corrected chi connectivity index (χ2v) is 12.0. The van der Waals surface area contributed by atoms with Crippen LogP contribution in [0, 0.1) is 17.3 Å². The summed E-state index contributed by atoms with van der Waals surface area (Å²) in [5.41, 5.74) is 1.07. The summed E-state index contributed by atoms with van der Waals surface area (Å²) in [4.78, 5) is 64.1. The highest BCUT2D eigenvalue weighted by atomic mass is 16.5. The molecule has 0 fully saturated rings. The molecule has 2 N–H and O–H groups in total. The average Bonchev–Trinajstić information content (AvgIpc) is 2.91. The largest absolute Gasteiger partial charge is 0.481 e. The predicted octanol–water partition coefficient (Wildman–Crippen LogP) is 5.49. The van der Waals surface area contributed by atoms with Gasteiger partial charge in [-0.2, -0.15) is 0 Å². The molecular formula is C33H43NO7. The van der Waals surface area contributed by atoms with Gasteiger partial charge in [-0.1, -0.05) is 95.3 Å². The number of hydrogen-bond donors (Lipinski definition) is 2. The molecule has 0 radical (unpaired) electrons. The number of carbonyl (C=O) groups is 5. The molecule has 0 aliphatic rings. The number of rotatable bonds is 16. The molecule has 3 atom stereocenters. The molecule has 0 heterocycles. The van der Waals surface area contributed by atoms with Crippen molar-refractivity contribution < 1.29 is 33.8 Å². The minimum atomic E-state index is -1.15. The van der Waals surface area contributed by atoms with E-state index >= 15 is 0 Å². The lowest BCUT2D eigenvalue weighted by atomic mass is 9.86. The van der Waals surface area contributed by atoms with Gasteiger partial charge in [-0.05, 0) is 28.9 Å². The molecule has 2 rings (SSSR count). The maximum atomic E-state index is 13.5. The molecule has 0 aliphatic carbocycles. The Labute approximate surface area is 242 Å². The van der Waals surface area contributed by atoms with Gasteiger partial charge in [0.2, 0.25) is 5.91 Å². The first-order valence-corrected chi connectivity index (χ1v) is 14.1. The number of aliphatic carboxylic acids is 1. The van der Waals surface area contributed by atoms with Gasteiger partial charge >= 0.3 is 11.9 Å². The van der Waals surface area contributed by atoms with Crippen molar-refractivity contribution in [1.29, 1.82) is 0 Å². The molecule has 0 saturated carbocycles. The molecule has 222 valence electrons. The van der Waals surface area contributed by atoms with Crippen LogP contribution in [0.3, 0.4) is 0 Å². The van der Waals surface area contributed by atoms with Crippen molar-refractivity contribution in [3.63, 3.8) is 0 Å². The van der Waals surface area contributed by atoms with E-state index in [0.717, 1.165) is 5.56 Å². The molecule has 0 aliphatic heterocycles. The van der Waals surface area contributed by atoms with Crippen molar-refractivity contribution in [3.8, 4) is 0 Å². The molecule has 0 unspecified atom stereocenters. The standard InChI is InChI=1S/C33H43NO7/c1-22(2)26(19-30(37)41-21-23-12-8-6-9-13-23)31(38)34-28(17-16-25(35)20-33(3,4)5)29(36)18-27(32(39)40)24-14-10-7-11-15-24/h6-15,22,26-28H,16-21H2,1-5H3,(H,34,38)(H,39,40)/t26-,27+,28-/m0/s1. The highest BCUT2D eigenvalue weighted by molar-refractivity contribution is 5.94. The molecule has 8 nitrogen and oxygen atoms in total. The maximum absolute atomic E-state index is 13.5. The second kappa shape index (κ2) is 15.8. The van der Waals surface area contributed by atoms with Gasteiger partial charge in [0.05, 0.1) is 24.3 Å². The molecule has 0 spiro atoms. The van der Waals surface area contributed by atoms with E-state index < -0.39 is 41.5 Å². The number of ether oxygens (including phenoxy) is 1. The van der Waals surface area contributed by atoms with Crippen LogP contribution in [0.4, 0.5) is 0 Å². The Morgan fingerprint density at radius 1 is 0.878 bits per heavy atom. The lowest BCUT2D eigenvalue weighted by molar-refractivity contribution is -0.149. The van der Waals surface area contributed by atoms with E-state index in [9.17, 15) is 29.1 Å². The van der Waals surface area contributed by atoms with Crippen LogP contribution in [-0.4, -0.2) is 40.6 Å². The summed E-state index contributed by atoms with van der Waals surface area (Å²) in [7, 11) is 0. The van der Waals surface area contributed by atoms with Crippen LogP contribution in [0.1, 0.15) is 83.8 Å². The van der Waals surface area contributed by atoms with E-state index in [4.69, 9.17) is 4.74 Å². The fourth-order valence-corrected chi connectivity index (χ4v) is 4.56. The van der Waals surface area contributed by atoms with Crippen LogP contribution in [0.15, 0.2) is 60.7 Å². The fourth-order valence-electron chi connectivity index (χ4n) is 4.56. The number of amides is 1. The maximum Gasteiger partial charge on any atom is 0.311 e. The van der Waals surface area contributed by atoms with E-state index in [-0.39, 0.29) is 49.4 Å². The van der Waals surface area contributed by atoms with E-state index in [1.54, 1.807) is 44.2 Å². The minimum absolute atomic E-state index is 0.0455. The van der Waals surface area contributed by atoms with E-state index in [1.165, 1.54) is 0 Å². The Morgan fingerprint density at radius 3 is 2.00 bits per heavy atom. The van der Waals surface area contributed by atoms with E-state index in [0.29, 0.717) is 12.0 Å². The third kappa shape index (κ3) is 12.1. The predicted molar refractivity (Wildman–Crippen MR) is 156 cm³/mol. The Balaban J connectivity index is 2.17. The fraction of sp³-hybridized carbons (Fsp3) is 0.485. The minimum Gasteiger partial charge on any atom is -0.481 e. The Hall–Kier alpha value is -3.81. The average molecular weight is 566 g/mol. The van der Waals surface area contributed by atoms with E-state index in [1.807, 2.05) is 51.1 Å². The molecular weight excluding hydrogens is 522 g/mol. The van der Waals surface area contributed by atoms with Gasteiger partial charge in [-0.25, -0.2) is 0 Å². The van der Waals surface area contributed by atoms with Crippen LogP contribution in [0.2, 0.25) is 0 Å². The van der Waals surface area contributed by atoms with Crippen LogP contribution >= 0.6 is 0 Å². The summed E-state index contributed by atoms with van der Waals surface area (Å²) >= 11 is 0. The van der Waals surface area contributed by atoms with Crippen LogP contribution in [0.5, 0.6) is 0 Å². The normalized spacial score (nSPS) is 13.6. The molecule has 2 aromatic carbocycles. The number of carbonyl (C=O) groups excluding carboxylic acids is 4. The molecule has 0 saturated heterocycles. The third-order valence-corrected chi connectivity index (χ3v) is 6.82. The molecule has 0 aromatic heterocycles. The number of benzene rings is 2. The number of Topliss-reactive ketones (excluding diaryl/α,β-unsaturated/α-hetero) is 2. The lowest BCUT2D eigenvalue weighted by Crippen LogP contribution is -2.46. The van der Waals surface area contributed by atoms with Gasteiger partial charge in [-0.3, -0.25) is 24.0 Å². The van der Waals surface area contributed by atoms with E-state index in [2.05, 4.69) is 5.32 Å². The van der Waals surface area contributed by atoms with Gasteiger partial charge in [0.25, 0.3) is 0 Å². The molecule has 8 heteroatoms. The number of hydrogen-bond acceptors (Lipinski definition) is 6. The van der Waals surface area contributed by atoms with Crippen LogP contribution in [0.25, 0.3) is 0 Å². The van der Waals surface area contributed by atoms with Gasteiger partial charge in [0.15, 0.2) is 5.78 Å².